The zero-order valence-electron chi connectivity index (χ0n) is 7.82. The molecule has 0 saturated carbocycles. The number of aromatic amines is 1. The van der Waals surface area contributed by atoms with Gasteiger partial charge >= 0.3 is 0 Å². The van der Waals surface area contributed by atoms with E-state index >= 15 is 0 Å². The first-order valence-corrected chi connectivity index (χ1v) is 7.07. The van der Waals surface area contributed by atoms with Gasteiger partial charge in [0, 0.05) is 33.7 Å². The van der Waals surface area contributed by atoms with Crippen LogP contribution < -0.4 is 0 Å². The zero-order chi connectivity index (χ0) is 10.3. The molecule has 1 aliphatic heterocycles. The SMILES string of the molecule is S=c1nc(-c2ccsc2)[nH]c2c1CSC2. The second-order valence-electron chi connectivity index (χ2n) is 3.35. The second kappa shape index (κ2) is 3.73. The van der Waals surface area contributed by atoms with E-state index in [1.54, 1.807) is 11.3 Å². The molecule has 76 valence electrons. The Balaban J connectivity index is 2.20. The molecule has 0 aliphatic carbocycles. The lowest BCUT2D eigenvalue weighted by Gasteiger charge is -2.02. The third-order valence-electron chi connectivity index (χ3n) is 2.39. The minimum Gasteiger partial charge on any atom is -0.342 e. The summed E-state index contributed by atoms with van der Waals surface area (Å²) in [6, 6.07) is 2.06. The zero-order valence-corrected chi connectivity index (χ0v) is 10.3. The van der Waals surface area contributed by atoms with E-state index in [9.17, 15) is 0 Å². The summed E-state index contributed by atoms with van der Waals surface area (Å²) in [6.07, 6.45) is 0. The molecule has 0 saturated heterocycles. The number of hydrogen-bond acceptors (Lipinski definition) is 4. The molecular weight excluding hydrogens is 244 g/mol. The standard InChI is InChI=1S/C10H8N2S3/c13-10-7-4-15-5-8(7)11-9(12-10)6-1-2-14-3-6/h1-3H,4-5H2,(H,11,12,13). The summed E-state index contributed by atoms with van der Waals surface area (Å²) in [5.41, 5.74) is 3.60. The maximum atomic E-state index is 5.30. The number of aromatic nitrogens is 2. The predicted octanol–water partition coefficient (Wildman–Crippen LogP) is 3.61. The molecule has 3 rings (SSSR count). The van der Waals surface area contributed by atoms with Crippen LogP contribution in [0.2, 0.25) is 0 Å². The van der Waals surface area contributed by atoms with E-state index in [4.69, 9.17) is 12.2 Å². The number of hydrogen-bond donors (Lipinski definition) is 1. The van der Waals surface area contributed by atoms with Crippen molar-refractivity contribution >= 4 is 35.3 Å². The highest BCUT2D eigenvalue weighted by Crippen LogP contribution is 2.30. The first-order chi connectivity index (χ1) is 7.34. The molecule has 0 aromatic carbocycles. The largest absolute Gasteiger partial charge is 0.342 e. The number of fused-ring (bicyclic) bond motifs is 1. The fraction of sp³-hybridized carbons (Fsp3) is 0.200. The lowest BCUT2D eigenvalue weighted by atomic mass is 10.2. The van der Waals surface area contributed by atoms with Crippen molar-refractivity contribution in [3.05, 3.63) is 32.7 Å². The summed E-state index contributed by atoms with van der Waals surface area (Å²) >= 11 is 8.86. The fourth-order valence-electron chi connectivity index (χ4n) is 1.61. The highest BCUT2D eigenvalue weighted by Gasteiger charge is 2.15. The van der Waals surface area contributed by atoms with E-state index in [0.29, 0.717) is 0 Å². The lowest BCUT2D eigenvalue weighted by Crippen LogP contribution is -1.96. The normalized spacial score (nSPS) is 14.1. The van der Waals surface area contributed by atoms with E-state index in [2.05, 4.69) is 26.8 Å². The van der Waals surface area contributed by atoms with Gasteiger partial charge in [0.1, 0.15) is 10.5 Å². The minimum absolute atomic E-state index is 0.759. The predicted molar refractivity (Wildman–Crippen MR) is 67.7 cm³/mol. The number of thioether (sulfide) groups is 1. The number of H-pyrrole nitrogens is 1. The molecule has 0 amide bonds. The topological polar surface area (TPSA) is 28.7 Å². The van der Waals surface area contributed by atoms with Gasteiger partial charge in [-0.2, -0.15) is 23.1 Å². The Morgan fingerprint density at radius 3 is 3.13 bits per heavy atom. The Morgan fingerprint density at radius 2 is 2.33 bits per heavy atom. The molecule has 2 aromatic rings. The van der Waals surface area contributed by atoms with E-state index in [1.807, 2.05) is 11.8 Å². The van der Waals surface area contributed by atoms with Gasteiger partial charge < -0.3 is 4.98 Å². The second-order valence-corrected chi connectivity index (χ2v) is 5.50. The number of nitrogens with zero attached hydrogens (tertiary/aromatic N) is 1. The molecule has 2 aromatic heterocycles. The average molecular weight is 252 g/mol. The Morgan fingerprint density at radius 1 is 1.40 bits per heavy atom. The molecule has 0 bridgehead atoms. The summed E-state index contributed by atoms with van der Waals surface area (Å²) in [4.78, 5) is 7.82. The molecule has 2 nitrogen and oxygen atoms in total. The van der Waals surface area contributed by atoms with Gasteiger partial charge in [0.25, 0.3) is 0 Å². The molecule has 0 fully saturated rings. The minimum atomic E-state index is 0.759. The average Bonchev–Trinajstić information content (AvgIpc) is 2.88. The summed E-state index contributed by atoms with van der Waals surface area (Å²) < 4.78 is 0.759. The van der Waals surface area contributed by atoms with Crippen molar-refractivity contribution in [2.75, 3.05) is 0 Å². The Hall–Kier alpha value is -0.650. The van der Waals surface area contributed by atoms with E-state index in [0.717, 1.165) is 27.5 Å². The van der Waals surface area contributed by atoms with E-state index in [1.165, 1.54) is 11.3 Å². The summed E-state index contributed by atoms with van der Waals surface area (Å²) in [6.45, 7) is 0. The summed E-state index contributed by atoms with van der Waals surface area (Å²) in [5.74, 6) is 2.93. The molecule has 15 heavy (non-hydrogen) atoms. The number of nitrogens with one attached hydrogen (secondary N) is 1. The van der Waals surface area contributed by atoms with E-state index in [-0.39, 0.29) is 0 Å². The highest BCUT2D eigenvalue weighted by atomic mass is 32.2. The van der Waals surface area contributed by atoms with Crippen molar-refractivity contribution in [1.29, 1.82) is 0 Å². The first-order valence-electron chi connectivity index (χ1n) is 4.57. The third-order valence-corrected chi connectivity index (χ3v) is 4.40. The molecule has 3 heterocycles. The molecule has 1 aliphatic rings. The lowest BCUT2D eigenvalue weighted by molar-refractivity contribution is 1.06. The van der Waals surface area contributed by atoms with Gasteiger partial charge in [-0.15, -0.1) is 0 Å². The van der Waals surface area contributed by atoms with Gasteiger partial charge in [-0.05, 0) is 11.4 Å². The van der Waals surface area contributed by atoms with Crippen molar-refractivity contribution in [2.24, 2.45) is 0 Å². The molecule has 0 spiro atoms. The summed E-state index contributed by atoms with van der Waals surface area (Å²) in [7, 11) is 0. The number of thiophene rings is 1. The van der Waals surface area contributed by atoms with Crippen molar-refractivity contribution in [3.63, 3.8) is 0 Å². The van der Waals surface area contributed by atoms with Crippen molar-refractivity contribution in [2.45, 2.75) is 11.5 Å². The van der Waals surface area contributed by atoms with Crippen LogP contribution in [0.1, 0.15) is 11.3 Å². The van der Waals surface area contributed by atoms with Crippen LogP contribution in [0.15, 0.2) is 16.8 Å². The van der Waals surface area contributed by atoms with Crippen LogP contribution >= 0.6 is 35.3 Å². The Kier molecular flexibility index (Phi) is 2.38. The van der Waals surface area contributed by atoms with Crippen LogP contribution in [0.25, 0.3) is 11.4 Å². The quantitative estimate of drug-likeness (QED) is 0.786. The smallest absolute Gasteiger partial charge is 0.140 e. The molecular formula is C10H8N2S3. The van der Waals surface area contributed by atoms with Crippen LogP contribution in [0.4, 0.5) is 0 Å². The molecule has 0 unspecified atom stereocenters. The molecule has 5 heteroatoms. The molecule has 0 atom stereocenters. The van der Waals surface area contributed by atoms with E-state index < -0.39 is 0 Å². The molecule has 1 N–H and O–H groups in total. The van der Waals surface area contributed by atoms with Gasteiger partial charge in [0.2, 0.25) is 0 Å². The van der Waals surface area contributed by atoms with Crippen LogP contribution in [0.5, 0.6) is 0 Å². The van der Waals surface area contributed by atoms with Gasteiger partial charge in [-0.25, -0.2) is 4.98 Å². The Labute approximate surface area is 101 Å². The maximum Gasteiger partial charge on any atom is 0.140 e. The van der Waals surface area contributed by atoms with Crippen LogP contribution in [-0.2, 0) is 11.5 Å². The maximum absolute atomic E-state index is 5.30. The van der Waals surface area contributed by atoms with Crippen molar-refractivity contribution in [3.8, 4) is 11.4 Å². The van der Waals surface area contributed by atoms with Crippen molar-refractivity contribution < 1.29 is 0 Å². The van der Waals surface area contributed by atoms with Crippen LogP contribution in [-0.4, -0.2) is 9.97 Å². The van der Waals surface area contributed by atoms with Crippen molar-refractivity contribution in [1.82, 2.24) is 9.97 Å². The van der Waals surface area contributed by atoms with Crippen LogP contribution in [0, 0.1) is 4.64 Å². The van der Waals surface area contributed by atoms with Crippen LogP contribution in [0.3, 0.4) is 0 Å². The fourth-order valence-corrected chi connectivity index (χ4v) is 3.69. The van der Waals surface area contributed by atoms with Gasteiger partial charge in [0.05, 0.1) is 0 Å². The number of rotatable bonds is 1. The monoisotopic (exact) mass is 252 g/mol. The Bertz CT molecular complexity index is 542. The van der Waals surface area contributed by atoms with Gasteiger partial charge in [-0.1, -0.05) is 12.2 Å². The van der Waals surface area contributed by atoms with Gasteiger partial charge in [0.15, 0.2) is 0 Å². The van der Waals surface area contributed by atoms with Gasteiger partial charge in [-0.3, -0.25) is 0 Å². The molecule has 0 radical (unpaired) electrons. The summed E-state index contributed by atoms with van der Waals surface area (Å²) in [5, 5.41) is 4.14. The highest BCUT2D eigenvalue weighted by molar-refractivity contribution is 7.98. The first kappa shape index (κ1) is 9.57. The third kappa shape index (κ3) is 1.64.